The molecule has 3 aromatic heterocycles. The molecule has 0 aliphatic heterocycles. The lowest BCUT2D eigenvalue weighted by atomic mass is 10.0. The van der Waals surface area contributed by atoms with Gasteiger partial charge in [0.2, 0.25) is 0 Å². The molecule has 9 heteroatoms. The largest absolute Gasteiger partial charge is 0.383 e. The van der Waals surface area contributed by atoms with Gasteiger partial charge in [-0.05, 0) is 57.9 Å². The molecule has 36 heavy (non-hydrogen) atoms. The fraction of sp³-hybridized carbons (Fsp3) is 0.259. The number of tetrazole rings is 1. The van der Waals surface area contributed by atoms with Crippen molar-refractivity contribution in [3.05, 3.63) is 110 Å². The Bertz CT molecular complexity index is 1480. The number of aryl methyl sites for hydroxylation is 1. The van der Waals surface area contributed by atoms with Crippen LogP contribution in [0.5, 0.6) is 0 Å². The maximum Gasteiger partial charge on any atom is 0.253 e. The summed E-state index contributed by atoms with van der Waals surface area (Å²) in [4.78, 5) is 20.1. The van der Waals surface area contributed by atoms with E-state index in [1.165, 1.54) is 4.88 Å². The molecule has 0 saturated heterocycles. The Kier molecular flexibility index (Phi) is 7.31. The number of nitrogens with one attached hydrogen (secondary N) is 1. The molecule has 184 valence electrons. The monoisotopic (exact) mass is 500 g/mol. The highest BCUT2D eigenvalue weighted by Gasteiger charge is 2.31. The van der Waals surface area contributed by atoms with Crippen molar-refractivity contribution in [3.8, 4) is 0 Å². The second-order valence-electron chi connectivity index (χ2n) is 8.77. The van der Waals surface area contributed by atoms with Gasteiger partial charge in [-0.2, -0.15) is 0 Å². The molecule has 0 amide bonds. The van der Waals surface area contributed by atoms with Crippen molar-refractivity contribution in [1.82, 2.24) is 30.1 Å². The average molecular weight is 501 g/mol. The van der Waals surface area contributed by atoms with E-state index in [1.807, 2.05) is 49.4 Å². The third-order valence-electron chi connectivity index (χ3n) is 6.17. The third-order valence-corrected chi connectivity index (χ3v) is 7.03. The van der Waals surface area contributed by atoms with Crippen LogP contribution >= 0.6 is 11.3 Å². The first-order valence-electron chi connectivity index (χ1n) is 11.8. The fourth-order valence-electron chi connectivity index (χ4n) is 4.45. The van der Waals surface area contributed by atoms with Gasteiger partial charge in [0.05, 0.1) is 13.2 Å². The Labute approximate surface area is 213 Å². The van der Waals surface area contributed by atoms with E-state index in [9.17, 15) is 4.79 Å². The number of aromatic nitrogens is 5. The number of thiophene rings is 1. The Morgan fingerprint density at radius 3 is 2.72 bits per heavy atom. The number of aromatic amines is 1. The highest BCUT2D eigenvalue weighted by molar-refractivity contribution is 7.09. The molecule has 0 spiro atoms. The van der Waals surface area contributed by atoms with E-state index in [-0.39, 0.29) is 5.56 Å². The minimum atomic E-state index is -0.479. The Hall–Kier alpha value is -3.66. The summed E-state index contributed by atoms with van der Waals surface area (Å²) in [6.07, 6.45) is 0. The summed E-state index contributed by atoms with van der Waals surface area (Å²) in [5.74, 6) is 0.608. The number of H-pyrrole nitrogens is 1. The molecule has 0 fully saturated rings. The molecule has 0 saturated carbocycles. The number of pyridine rings is 1. The standard InChI is InChI=1S/C27H28N6O2S/c1-19-10-11-24-21(15-19)16-23(27(34)28-24)25(26-29-30-31-33(26)12-13-35-2)32(18-22-9-6-14-36-22)17-20-7-4-3-5-8-20/h3-11,14-16,25H,12-13,17-18H2,1-2H3,(H,28,34)/t25-/m0/s1. The Morgan fingerprint density at radius 2 is 1.94 bits per heavy atom. The first kappa shape index (κ1) is 24.1. The molecule has 3 heterocycles. The van der Waals surface area contributed by atoms with Crippen LogP contribution in [0.2, 0.25) is 0 Å². The number of benzene rings is 2. The number of fused-ring (bicyclic) bond motifs is 1. The SMILES string of the molecule is COCCn1nnnc1[C@H](c1cc2cc(C)ccc2[nH]c1=O)N(Cc1ccccc1)Cc1cccs1. The highest BCUT2D eigenvalue weighted by Crippen LogP contribution is 2.31. The summed E-state index contributed by atoms with van der Waals surface area (Å²) in [5, 5.41) is 15.7. The van der Waals surface area contributed by atoms with Gasteiger partial charge in [0.1, 0.15) is 6.04 Å². The quantitative estimate of drug-likeness (QED) is 0.307. The molecule has 1 N–H and O–H groups in total. The van der Waals surface area contributed by atoms with Crippen LogP contribution in [0, 0.1) is 6.92 Å². The van der Waals surface area contributed by atoms with Gasteiger partial charge in [0, 0.05) is 36.2 Å². The molecular weight excluding hydrogens is 472 g/mol. The van der Waals surface area contributed by atoms with Crippen LogP contribution in [0.25, 0.3) is 10.9 Å². The molecule has 0 unspecified atom stereocenters. The minimum Gasteiger partial charge on any atom is -0.383 e. The van der Waals surface area contributed by atoms with Gasteiger partial charge >= 0.3 is 0 Å². The zero-order chi connectivity index (χ0) is 24.9. The molecule has 5 aromatic rings. The van der Waals surface area contributed by atoms with Crippen LogP contribution in [0.15, 0.2) is 76.9 Å². The van der Waals surface area contributed by atoms with Crippen molar-refractivity contribution in [1.29, 1.82) is 0 Å². The van der Waals surface area contributed by atoms with E-state index in [0.29, 0.717) is 37.6 Å². The third kappa shape index (κ3) is 5.28. The van der Waals surface area contributed by atoms with E-state index in [2.05, 4.69) is 55.1 Å². The number of methoxy groups -OCH3 is 1. The number of rotatable bonds is 10. The second kappa shape index (κ2) is 10.9. The average Bonchev–Trinajstić information content (AvgIpc) is 3.56. The van der Waals surface area contributed by atoms with Crippen LogP contribution < -0.4 is 5.56 Å². The molecule has 8 nitrogen and oxygen atoms in total. The Morgan fingerprint density at radius 1 is 1.08 bits per heavy atom. The molecule has 0 aliphatic rings. The van der Waals surface area contributed by atoms with Gasteiger partial charge in [0.25, 0.3) is 5.56 Å². The van der Waals surface area contributed by atoms with Gasteiger partial charge in [-0.25, -0.2) is 4.68 Å². The van der Waals surface area contributed by atoms with Gasteiger partial charge < -0.3 is 9.72 Å². The van der Waals surface area contributed by atoms with E-state index in [0.717, 1.165) is 22.0 Å². The maximum atomic E-state index is 13.6. The van der Waals surface area contributed by atoms with E-state index >= 15 is 0 Å². The van der Waals surface area contributed by atoms with E-state index < -0.39 is 6.04 Å². The first-order valence-corrected chi connectivity index (χ1v) is 12.7. The maximum absolute atomic E-state index is 13.6. The molecule has 0 bridgehead atoms. The van der Waals surface area contributed by atoms with Crippen LogP contribution in [0.1, 0.15) is 33.4 Å². The summed E-state index contributed by atoms with van der Waals surface area (Å²) in [7, 11) is 1.65. The van der Waals surface area contributed by atoms with Crippen molar-refractivity contribution >= 4 is 22.2 Å². The van der Waals surface area contributed by atoms with Crippen molar-refractivity contribution in [2.24, 2.45) is 0 Å². The predicted molar refractivity (Wildman–Crippen MR) is 141 cm³/mol. The predicted octanol–water partition coefficient (Wildman–Crippen LogP) is 4.32. The van der Waals surface area contributed by atoms with Crippen LogP contribution in [0.4, 0.5) is 0 Å². The lowest BCUT2D eigenvalue weighted by Crippen LogP contribution is -2.35. The van der Waals surface area contributed by atoms with Gasteiger partial charge in [-0.3, -0.25) is 9.69 Å². The Balaban J connectivity index is 1.68. The van der Waals surface area contributed by atoms with Gasteiger partial charge in [0.15, 0.2) is 5.82 Å². The number of nitrogens with zero attached hydrogens (tertiary/aromatic N) is 5. The van der Waals surface area contributed by atoms with Gasteiger partial charge in [-0.1, -0.05) is 48.0 Å². The second-order valence-corrected chi connectivity index (χ2v) is 9.80. The van der Waals surface area contributed by atoms with Crippen molar-refractivity contribution in [3.63, 3.8) is 0 Å². The molecule has 5 rings (SSSR count). The lowest BCUT2D eigenvalue weighted by molar-refractivity contribution is 0.169. The molecular formula is C27H28N6O2S. The number of ether oxygens (including phenoxy) is 1. The van der Waals surface area contributed by atoms with Gasteiger partial charge in [-0.15, -0.1) is 16.4 Å². The highest BCUT2D eigenvalue weighted by atomic mass is 32.1. The zero-order valence-corrected chi connectivity index (χ0v) is 21.1. The van der Waals surface area contributed by atoms with E-state index in [1.54, 1.807) is 23.1 Å². The smallest absolute Gasteiger partial charge is 0.253 e. The van der Waals surface area contributed by atoms with Crippen LogP contribution in [0.3, 0.4) is 0 Å². The topological polar surface area (TPSA) is 88.9 Å². The van der Waals surface area contributed by atoms with Crippen molar-refractivity contribution in [2.45, 2.75) is 32.6 Å². The van der Waals surface area contributed by atoms with Crippen molar-refractivity contribution < 1.29 is 4.74 Å². The summed E-state index contributed by atoms with van der Waals surface area (Å²) >= 11 is 1.69. The zero-order valence-electron chi connectivity index (χ0n) is 20.3. The summed E-state index contributed by atoms with van der Waals surface area (Å²) in [6, 6.07) is 21.9. The molecule has 0 radical (unpaired) electrons. The fourth-order valence-corrected chi connectivity index (χ4v) is 5.18. The normalized spacial score (nSPS) is 12.4. The summed E-state index contributed by atoms with van der Waals surface area (Å²) < 4.78 is 7.03. The molecule has 1 atom stereocenters. The minimum absolute atomic E-state index is 0.151. The molecule has 2 aromatic carbocycles. The molecule has 0 aliphatic carbocycles. The van der Waals surface area contributed by atoms with Crippen molar-refractivity contribution in [2.75, 3.05) is 13.7 Å². The van der Waals surface area contributed by atoms with Crippen LogP contribution in [-0.4, -0.2) is 43.8 Å². The summed E-state index contributed by atoms with van der Waals surface area (Å²) in [5.41, 5.74) is 3.53. The summed E-state index contributed by atoms with van der Waals surface area (Å²) in [6.45, 7) is 4.25. The number of hydrogen-bond donors (Lipinski definition) is 1. The first-order chi connectivity index (χ1) is 17.6. The lowest BCUT2D eigenvalue weighted by Gasteiger charge is -2.30. The van der Waals surface area contributed by atoms with Crippen LogP contribution in [-0.2, 0) is 24.4 Å². The van der Waals surface area contributed by atoms with E-state index in [4.69, 9.17) is 4.74 Å². The number of hydrogen-bond acceptors (Lipinski definition) is 7.